The van der Waals surface area contributed by atoms with Crippen molar-refractivity contribution in [1.29, 1.82) is 0 Å². The summed E-state index contributed by atoms with van der Waals surface area (Å²) in [5.74, 6) is 0.791. The molecule has 0 unspecified atom stereocenters. The molecule has 1 rings (SSSR count). The van der Waals surface area contributed by atoms with Crippen molar-refractivity contribution >= 4 is 12.4 Å². The zero-order chi connectivity index (χ0) is 10.4. The number of halogens is 2. The van der Waals surface area contributed by atoms with Crippen LogP contribution in [0, 0.1) is 0 Å². The summed E-state index contributed by atoms with van der Waals surface area (Å²) in [5, 5.41) is 0. The monoisotopic (exact) mass is 233 g/mol. The van der Waals surface area contributed by atoms with Crippen molar-refractivity contribution in [3.05, 3.63) is 29.8 Å². The Hall–Kier alpha value is -0.800. The molecule has 1 aromatic carbocycles. The second kappa shape index (κ2) is 7.49. The van der Waals surface area contributed by atoms with E-state index < -0.39 is 0 Å². The second-order valence-corrected chi connectivity index (χ2v) is 3.09. The van der Waals surface area contributed by atoms with Gasteiger partial charge in [-0.2, -0.15) is 0 Å². The Labute approximate surface area is 96.0 Å². The summed E-state index contributed by atoms with van der Waals surface area (Å²) in [7, 11) is 0. The maximum atomic E-state index is 12.1. The van der Waals surface area contributed by atoms with Gasteiger partial charge >= 0.3 is 0 Å². The third kappa shape index (κ3) is 4.49. The van der Waals surface area contributed by atoms with Gasteiger partial charge in [-0.15, -0.1) is 12.4 Å². The molecular formula is C11H17ClFNO. The number of hydrogen-bond acceptors (Lipinski definition) is 2. The molecule has 0 aliphatic heterocycles. The van der Waals surface area contributed by atoms with Crippen molar-refractivity contribution in [2.45, 2.75) is 19.4 Å². The average molecular weight is 234 g/mol. The van der Waals surface area contributed by atoms with Gasteiger partial charge in [0.05, 0.1) is 13.3 Å². The van der Waals surface area contributed by atoms with E-state index in [0.29, 0.717) is 13.0 Å². The van der Waals surface area contributed by atoms with Crippen LogP contribution in [0.5, 0.6) is 5.75 Å². The summed E-state index contributed by atoms with van der Waals surface area (Å²) >= 11 is 0. The lowest BCUT2D eigenvalue weighted by atomic mass is 10.1. The first kappa shape index (κ1) is 14.2. The van der Waals surface area contributed by atoms with Crippen LogP contribution in [0.4, 0.5) is 4.39 Å². The Kier molecular flexibility index (Phi) is 7.09. The van der Waals surface area contributed by atoms with Gasteiger partial charge in [-0.3, -0.25) is 4.39 Å². The highest BCUT2D eigenvalue weighted by atomic mass is 35.5. The summed E-state index contributed by atoms with van der Waals surface area (Å²) in [6.07, 6.45) is 0.357. The third-order valence-electron chi connectivity index (χ3n) is 2.02. The van der Waals surface area contributed by atoms with Gasteiger partial charge in [-0.05, 0) is 31.0 Å². The zero-order valence-corrected chi connectivity index (χ0v) is 9.60. The molecule has 0 spiro atoms. The van der Waals surface area contributed by atoms with Crippen molar-refractivity contribution in [3.8, 4) is 5.75 Å². The Morgan fingerprint density at radius 1 is 1.47 bits per heavy atom. The molecule has 0 heterocycles. The van der Waals surface area contributed by atoms with Crippen LogP contribution in [-0.4, -0.2) is 13.3 Å². The molecule has 86 valence electrons. The lowest BCUT2D eigenvalue weighted by Gasteiger charge is -2.11. The molecule has 0 amide bonds. The number of alkyl halides is 1. The Bertz CT molecular complexity index is 283. The smallest absolute Gasteiger partial charge is 0.119 e. The van der Waals surface area contributed by atoms with E-state index in [1.165, 1.54) is 0 Å². The van der Waals surface area contributed by atoms with E-state index in [-0.39, 0.29) is 25.1 Å². The lowest BCUT2D eigenvalue weighted by Crippen LogP contribution is -2.10. The normalized spacial score (nSPS) is 11.7. The first-order chi connectivity index (χ1) is 6.77. The highest BCUT2D eigenvalue weighted by molar-refractivity contribution is 5.85. The van der Waals surface area contributed by atoms with Crippen LogP contribution in [0.2, 0.25) is 0 Å². The standard InChI is InChI=1S/C11H16FNO.ClH/c1-2-14-10-5-3-4-9(8-10)11(13)6-7-12;/h3-5,8,11H,2,6-7,13H2,1H3;1H/t11-;/m1./s1. The molecule has 0 aliphatic carbocycles. The summed E-state index contributed by atoms with van der Waals surface area (Å²) in [4.78, 5) is 0. The van der Waals surface area contributed by atoms with Crippen molar-refractivity contribution in [1.82, 2.24) is 0 Å². The van der Waals surface area contributed by atoms with Crippen LogP contribution < -0.4 is 10.5 Å². The molecule has 1 aromatic rings. The molecule has 0 fully saturated rings. The summed E-state index contributed by atoms with van der Waals surface area (Å²) in [5.41, 5.74) is 6.70. The molecule has 0 aliphatic rings. The van der Waals surface area contributed by atoms with Crippen molar-refractivity contribution in [2.24, 2.45) is 5.73 Å². The Balaban J connectivity index is 0.00000196. The van der Waals surface area contributed by atoms with Crippen LogP contribution in [-0.2, 0) is 0 Å². The molecule has 15 heavy (non-hydrogen) atoms. The predicted molar refractivity (Wildman–Crippen MR) is 62.4 cm³/mol. The van der Waals surface area contributed by atoms with Gasteiger partial charge in [0.15, 0.2) is 0 Å². The quantitative estimate of drug-likeness (QED) is 0.849. The number of nitrogens with two attached hydrogens (primary N) is 1. The van der Waals surface area contributed by atoms with E-state index in [1.807, 2.05) is 31.2 Å². The second-order valence-electron chi connectivity index (χ2n) is 3.09. The molecule has 4 heteroatoms. The molecule has 0 bridgehead atoms. The van der Waals surface area contributed by atoms with Crippen molar-refractivity contribution in [3.63, 3.8) is 0 Å². The lowest BCUT2D eigenvalue weighted by molar-refractivity contribution is 0.339. The number of rotatable bonds is 5. The zero-order valence-electron chi connectivity index (χ0n) is 8.78. The molecule has 0 aromatic heterocycles. The van der Waals surface area contributed by atoms with E-state index >= 15 is 0 Å². The first-order valence-electron chi connectivity index (χ1n) is 4.82. The number of benzene rings is 1. The molecule has 1 atom stereocenters. The topological polar surface area (TPSA) is 35.2 Å². The Morgan fingerprint density at radius 3 is 2.80 bits per heavy atom. The maximum absolute atomic E-state index is 12.1. The minimum Gasteiger partial charge on any atom is -0.494 e. The van der Waals surface area contributed by atoms with Crippen molar-refractivity contribution < 1.29 is 9.13 Å². The number of ether oxygens (including phenoxy) is 1. The fourth-order valence-corrected chi connectivity index (χ4v) is 1.29. The van der Waals surface area contributed by atoms with Gasteiger partial charge in [0.2, 0.25) is 0 Å². The molecular weight excluding hydrogens is 217 g/mol. The minimum absolute atomic E-state index is 0. The number of hydrogen-bond donors (Lipinski definition) is 1. The van der Waals surface area contributed by atoms with Gasteiger partial charge in [0, 0.05) is 6.04 Å². The first-order valence-corrected chi connectivity index (χ1v) is 4.82. The average Bonchev–Trinajstić information content (AvgIpc) is 2.19. The summed E-state index contributed by atoms with van der Waals surface area (Å²) in [6, 6.07) is 7.26. The SMILES string of the molecule is CCOc1cccc([C@H](N)CCF)c1.Cl. The van der Waals surface area contributed by atoms with E-state index in [1.54, 1.807) is 0 Å². The Morgan fingerprint density at radius 2 is 2.20 bits per heavy atom. The van der Waals surface area contributed by atoms with Gasteiger partial charge in [0.1, 0.15) is 5.75 Å². The van der Waals surface area contributed by atoms with Gasteiger partial charge in [0.25, 0.3) is 0 Å². The molecule has 0 saturated carbocycles. The van der Waals surface area contributed by atoms with Gasteiger partial charge in [-0.25, -0.2) is 0 Å². The van der Waals surface area contributed by atoms with E-state index in [4.69, 9.17) is 10.5 Å². The van der Waals surface area contributed by atoms with E-state index in [0.717, 1.165) is 11.3 Å². The molecule has 0 saturated heterocycles. The largest absolute Gasteiger partial charge is 0.494 e. The van der Waals surface area contributed by atoms with Crippen LogP contribution in [0.1, 0.15) is 24.9 Å². The fraction of sp³-hybridized carbons (Fsp3) is 0.455. The summed E-state index contributed by atoms with van der Waals surface area (Å²) in [6.45, 7) is 2.16. The van der Waals surface area contributed by atoms with E-state index in [2.05, 4.69) is 0 Å². The highest BCUT2D eigenvalue weighted by Gasteiger charge is 2.06. The van der Waals surface area contributed by atoms with Gasteiger partial charge < -0.3 is 10.5 Å². The van der Waals surface area contributed by atoms with Crippen LogP contribution >= 0.6 is 12.4 Å². The minimum atomic E-state index is -0.389. The van der Waals surface area contributed by atoms with Gasteiger partial charge in [-0.1, -0.05) is 12.1 Å². The molecule has 2 N–H and O–H groups in total. The van der Waals surface area contributed by atoms with E-state index in [9.17, 15) is 4.39 Å². The predicted octanol–water partition coefficient (Wildman–Crippen LogP) is 2.87. The molecule has 2 nitrogen and oxygen atoms in total. The maximum Gasteiger partial charge on any atom is 0.119 e. The summed E-state index contributed by atoms with van der Waals surface area (Å²) < 4.78 is 17.4. The van der Waals surface area contributed by atoms with Crippen LogP contribution in [0.25, 0.3) is 0 Å². The highest BCUT2D eigenvalue weighted by Crippen LogP contribution is 2.19. The van der Waals surface area contributed by atoms with Crippen LogP contribution in [0.15, 0.2) is 24.3 Å². The molecule has 0 radical (unpaired) electrons. The fourth-order valence-electron chi connectivity index (χ4n) is 1.29. The van der Waals surface area contributed by atoms with Crippen LogP contribution in [0.3, 0.4) is 0 Å². The van der Waals surface area contributed by atoms with Crippen molar-refractivity contribution in [2.75, 3.05) is 13.3 Å². The third-order valence-corrected chi connectivity index (χ3v) is 2.02.